The monoisotopic (exact) mass is 285 g/mol. The smallest absolute Gasteiger partial charge is 0.224 e. The van der Waals surface area contributed by atoms with Gasteiger partial charge in [0.15, 0.2) is 5.82 Å². The van der Waals surface area contributed by atoms with Crippen molar-refractivity contribution >= 4 is 11.6 Å². The van der Waals surface area contributed by atoms with Crippen LogP contribution in [0, 0.1) is 5.92 Å². The Hall–Kier alpha value is -2.21. The fourth-order valence-electron chi connectivity index (χ4n) is 2.61. The Labute approximate surface area is 123 Å². The standard InChI is InChI=1S/C15H19N5O/c1-20-10-17-19-15(20)12-2-4-13(5-3-12)18-14(21)8-11-6-7-16-9-11/h2-5,10-11,16H,6-9H2,1H3,(H,18,21). The molecule has 1 aliphatic rings. The molecule has 0 bridgehead atoms. The van der Waals surface area contributed by atoms with E-state index in [0.717, 1.165) is 36.6 Å². The number of hydrogen-bond donors (Lipinski definition) is 2. The highest BCUT2D eigenvalue weighted by atomic mass is 16.1. The lowest BCUT2D eigenvalue weighted by molar-refractivity contribution is -0.116. The van der Waals surface area contributed by atoms with Gasteiger partial charge in [-0.25, -0.2) is 0 Å². The van der Waals surface area contributed by atoms with Crippen molar-refractivity contribution in [1.29, 1.82) is 0 Å². The van der Waals surface area contributed by atoms with Gasteiger partial charge in [0.2, 0.25) is 5.91 Å². The summed E-state index contributed by atoms with van der Waals surface area (Å²) in [6.07, 6.45) is 3.33. The van der Waals surface area contributed by atoms with E-state index in [1.54, 1.807) is 6.33 Å². The van der Waals surface area contributed by atoms with Gasteiger partial charge in [-0.2, -0.15) is 0 Å². The second-order valence-electron chi connectivity index (χ2n) is 5.45. The van der Waals surface area contributed by atoms with Gasteiger partial charge in [-0.15, -0.1) is 10.2 Å². The third-order valence-corrected chi connectivity index (χ3v) is 3.77. The summed E-state index contributed by atoms with van der Waals surface area (Å²) >= 11 is 0. The Bertz CT molecular complexity index is 613. The lowest BCUT2D eigenvalue weighted by Gasteiger charge is -2.09. The van der Waals surface area contributed by atoms with Crippen molar-refractivity contribution in [2.45, 2.75) is 12.8 Å². The van der Waals surface area contributed by atoms with Gasteiger partial charge in [0, 0.05) is 24.7 Å². The molecule has 21 heavy (non-hydrogen) atoms. The van der Waals surface area contributed by atoms with Crippen LogP contribution in [0.4, 0.5) is 5.69 Å². The zero-order valence-electron chi connectivity index (χ0n) is 12.0. The van der Waals surface area contributed by atoms with Gasteiger partial charge < -0.3 is 15.2 Å². The lowest BCUT2D eigenvalue weighted by atomic mass is 10.0. The van der Waals surface area contributed by atoms with E-state index in [-0.39, 0.29) is 5.91 Å². The van der Waals surface area contributed by atoms with E-state index in [2.05, 4.69) is 20.8 Å². The first kappa shape index (κ1) is 13.8. The molecular weight excluding hydrogens is 266 g/mol. The van der Waals surface area contributed by atoms with Crippen LogP contribution in [-0.2, 0) is 11.8 Å². The summed E-state index contributed by atoms with van der Waals surface area (Å²) < 4.78 is 1.86. The Kier molecular flexibility index (Phi) is 3.96. The molecule has 6 heteroatoms. The number of carbonyl (C=O) groups excluding carboxylic acids is 1. The highest BCUT2D eigenvalue weighted by molar-refractivity contribution is 5.91. The molecule has 3 rings (SSSR count). The van der Waals surface area contributed by atoms with Crippen molar-refractivity contribution in [3.63, 3.8) is 0 Å². The van der Waals surface area contributed by atoms with Crippen molar-refractivity contribution in [3.05, 3.63) is 30.6 Å². The van der Waals surface area contributed by atoms with E-state index in [0.29, 0.717) is 12.3 Å². The van der Waals surface area contributed by atoms with E-state index in [9.17, 15) is 4.79 Å². The minimum atomic E-state index is 0.0788. The predicted molar refractivity (Wildman–Crippen MR) is 80.7 cm³/mol. The second-order valence-corrected chi connectivity index (χ2v) is 5.45. The summed E-state index contributed by atoms with van der Waals surface area (Å²) in [4.78, 5) is 12.0. The van der Waals surface area contributed by atoms with Crippen LogP contribution in [0.2, 0.25) is 0 Å². The molecule has 0 saturated carbocycles. The number of carbonyl (C=O) groups is 1. The van der Waals surface area contributed by atoms with Crippen LogP contribution in [0.5, 0.6) is 0 Å². The zero-order valence-corrected chi connectivity index (χ0v) is 12.0. The Morgan fingerprint density at radius 3 is 2.86 bits per heavy atom. The van der Waals surface area contributed by atoms with Gasteiger partial charge in [-0.05, 0) is 49.7 Å². The van der Waals surface area contributed by atoms with Gasteiger partial charge in [0.05, 0.1) is 0 Å². The molecule has 1 fully saturated rings. The van der Waals surface area contributed by atoms with Crippen LogP contribution >= 0.6 is 0 Å². The van der Waals surface area contributed by atoms with E-state index in [4.69, 9.17) is 0 Å². The van der Waals surface area contributed by atoms with Gasteiger partial charge in [-0.3, -0.25) is 4.79 Å². The number of benzene rings is 1. The third kappa shape index (κ3) is 3.28. The first-order valence-corrected chi connectivity index (χ1v) is 7.17. The van der Waals surface area contributed by atoms with Crippen molar-refractivity contribution in [3.8, 4) is 11.4 Å². The van der Waals surface area contributed by atoms with Crippen LogP contribution in [0.3, 0.4) is 0 Å². The first-order valence-electron chi connectivity index (χ1n) is 7.17. The number of aryl methyl sites for hydroxylation is 1. The zero-order chi connectivity index (χ0) is 14.7. The number of hydrogen-bond acceptors (Lipinski definition) is 4. The highest BCUT2D eigenvalue weighted by Gasteiger charge is 2.18. The lowest BCUT2D eigenvalue weighted by Crippen LogP contribution is -2.18. The highest BCUT2D eigenvalue weighted by Crippen LogP contribution is 2.19. The number of anilines is 1. The number of nitrogens with zero attached hydrogens (tertiary/aromatic N) is 3. The molecule has 1 aromatic carbocycles. The largest absolute Gasteiger partial charge is 0.326 e. The average molecular weight is 285 g/mol. The SMILES string of the molecule is Cn1cnnc1-c1ccc(NC(=O)CC2CCNC2)cc1. The molecule has 0 aliphatic carbocycles. The van der Waals surface area contributed by atoms with Crippen LogP contribution in [-0.4, -0.2) is 33.8 Å². The molecule has 6 nitrogen and oxygen atoms in total. The topological polar surface area (TPSA) is 71.8 Å². The fourth-order valence-corrected chi connectivity index (χ4v) is 2.61. The van der Waals surface area contributed by atoms with Crippen molar-refractivity contribution in [1.82, 2.24) is 20.1 Å². The molecule has 1 aliphatic heterocycles. The summed E-state index contributed by atoms with van der Waals surface area (Å²) in [5.74, 6) is 1.35. The van der Waals surface area contributed by atoms with E-state index in [1.807, 2.05) is 35.9 Å². The summed E-state index contributed by atoms with van der Waals surface area (Å²) in [6, 6.07) is 7.68. The molecule has 1 amide bonds. The molecule has 110 valence electrons. The van der Waals surface area contributed by atoms with Gasteiger partial charge in [-0.1, -0.05) is 0 Å². The molecule has 2 N–H and O–H groups in total. The fraction of sp³-hybridized carbons (Fsp3) is 0.400. The molecule has 1 aromatic heterocycles. The van der Waals surface area contributed by atoms with Gasteiger partial charge >= 0.3 is 0 Å². The normalized spacial score (nSPS) is 17.9. The molecule has 1 saturated heterocycles. The van der Waals surface area contributed by atoms with Crippen LogP contribution in [0.1, 0.15) is 12.8 Å². The summed E-state index contributed by atoms with van der Waals surface area (Å²) in [5, 5.41) is 14.1. The first-order chi connectivity index (χ1) is 10.2. The molecule has 2 aromatic rings. The summed E-state index contributed by atoms with van der Waals surface area (Å²) in [7, 11) is 1.90. The van der Waals surface area contributed by atoms with Crippen LogP contribution in [0.25, 0.3) is 11.4 Å². The number of aromatic nitrogens is 3. The van der Waals surface area contributed by atoms with Crippen LogP contribution < -0.4 is 10.6 Å². The van der Waals surface area contributed by atoms with Crippen LogP contribution in [0.15, 0.2) is 30.6 Å². The van der Waals surface area contributed by atoms with E-state index in [1.165, 1.54) is 0 Å². The number of nitrogens with one attached hydrogen (secondary N) is 2. The van der Waals surface area contributed by atoms with Crippen molar-refractivity contribution < 1.29 is 4.79 Å². The molecule has 0 spiro atoms. The van der Waals surface area contributed by atoms with E-state index >= 15 is 0 Å². The predicted octanol–water partition coefficient (Wildman–Crippen LogP) is 1.42. The summed E-state index contributed by atoms with van der Waals surface area (Å²) in [6.45, 7) is 1.96. The maximum absolute atomic E-state index is 12.0. The quantitative estimate of drug-likeness (QED) is 0.891. The summed E-state index contributed by atoms with van der Waals surface area (Å²) in [5.41, 5.74) is 1.80. The average Bonchev–Trinajstić information content (AvgIpc) is 3.11. The van der Waals surface area contributed by atoms with Gasteiger partial charge in [0.1, 0.15) is 6.33 Å². The molecule has 1 unspecified atom stereocenters. The second kappa shape index (κ2) is 6.05. The number of amides is 1. The maximum Gasteiger partial charge on any atom is 0.224 e. The maximum atomic E-state index is 12.0. The van der Waals surface area contributed by atoms with Crippen molar-refractivity contribution in [2.75, 3.05) is 18.4 Å². The molecule has 0 radical (unpaired) electrons. The minimum Gasteiger partial charge on any atom is -0.326 e. The molecule has 1 atom stereocenters. The minimum absolute atomic E-state index is 0.0788. The Morgan fingerprint density at radius 1 is 1.43 bits per heavy atom. The van der Waals surface area contributed by atoms with Crippen molar-refractivity contribution in [2.24, 2.45) is 13.0 Å². The van der Waals surface area contributed by atoms with E-state index < -0.39 is 0 Å². The number of rotatable bonds is 4. The Balaban J connectivity index is 1.61. The third-order valence-electron chi connectivity index (χ3n) is 3.77. The van der Waals surface area contributed by atoms with Gasteiger partial charge in [0.25, 0.3) is 0 Å². The molecular formula is C15H19N5O. The molecule has 2 heterocycles. The Morgan fingerprint density at radius 2 is 2.24 bits per heavy atom.